The van der Waals surface area contributed by atoms with Crippen molar-refractivity contribution in [1.29, 1.82) is 0 Å². The van der Waals surface area contributed by atoms with Crippen LogP contribution >= 0.6 is 0 Å². The minimum Gasteiger partial charge on any atom is -0.490 e. The standard InChI is InChI=1S/C35H40N4O4/c1-6-31(26-11-9-25(10-12-26)24(2)3)34(28-15-18-32-29(22-28)23-37-38-32)27-13-16-30(17-14-27)42-20-21-43-35(41)36-19-7-8-33(40)39(4)5/h7-18,22-24H,6,19-21H2,1-5H3,(H,36,41)(H,37,38)/b8-7+,34-31+. The number of carbonyl (C=O) groups is 2. The first-order valence-electron chi connectivity index (χ1n) is 14.6. The molecule has 0 fully saturated rings. The number of benzene rings is 3. The van der Waals surface area contributed by atoms with Gasteiger partial charge in [0.2, 0.25) is 5.91 Å². The topological polar surface area (TPSA) is 96.5 Å². The minimum atomic E-state index is -0.571. The molecule has 0 aliphatic rings. The number of aromatic nitrogens is 2. The molecule has 3 aromatic carbocycles. The van der Waals surface area contributed by atoms with Gasteiger partial charge in [-0.05, 0) is 70.0 Å². The third-order valence-electron chi connectivity index (χ3n) is 7.10. The molecular weight excluding hydrogens is 540 g/mol. The summed E-state index contributed by atoms with van der Waals surface area (Å²) in [6.45, 7) is 7.11. The number of nitrogens with zero attached hydrogens (tertiary/aromatic N) is 2. The van der Waals surface area contributed by atoms with E-state index in [1.807, 2.05) is 18.3 Å². The van der Waals surface area contributed by atoms with Gasteiger partial charge in [0.15, 0.2) is 0 Å². The van der Waals surface area contributed by atoms with Crippen LogP contribution in [0.2, 0.25) is 0 Å². The number of likely N-dealkylation sites (N-methyl/N-ethyl adjacent to an activating group) is 1. The summed E-state index contributed by atoms with van der Waals surface area (Å²) in [5.74, 6) is 1.00. The lowest BCUT2D eigenvalue weighted by atomic mass is 9.87. The molecule has 4 rings (SSSR count). The molecule has 0 atom stereocenters. The number of hydrogen-bond donors (Lipinski definition) is 2. The van der Waals surface area contributed by atoms with Crippen molar-refractivity contribution in [2.45, 2.75) is 33.1 Å². The smallest absolute Gasteiger partial charge is 0.407 e. The molecule has 0 bridgehead atoms. The Balaban J connectivity index is 1.47. The highest BCUT2D eigenvalue weighted by Gasteiger charge is 2.15. The molecule has 2 N–H and O–H groups in total. The number of nitrogens with one attached hydrogen (secondary N) is 2. The van der Waals surface area contributed by atoms with Gasteiger partial charge >= 0.3 is 6.09 Å². The van der Waals surface area contributed by atoms with E-state index in [-0.39, 0.29) is 25.7 Å². The van der Waals surface area contributed by atoms with Gasteiger partial charge in [-0.2, -0.15) is 5.10 Å². The number of ether oxygens (including phenoxy) is 2. The Hall–Kier alpha value is -4.85. The number of hydrogen-bond acceptors (Lipinski definition) is 5. The fraction of sp³-hybridized carbons (Fsp3) is 0.286. The summed E-state index contributed by atoms with van der Waals surface area (Å²) in [6.07, 6.45) is 5.11. The van der Waals surface area contributed by atoms with E-state index in [0.29, 0.717) is 11.7 Å². The number of alkyl carbamates (subject to hydrolysis) is 1. The summed E-state index contributed by atoms with van der Waals surface area (Å²) in [5.41, 5.74) is 8.13. The summed E-state index contributed by atoms with van der Waals surface area (Å²) in [5, 5.41) is 10.9. The summed E-state index contributed by atoms with van der Waals surface area (Å²) < 4.78 is 11.0. The maximum Gasteiger partial charge on any atom is 0.407 e. The number of aromatic amines is 1. The predicted octanol–water partition coefficient (Wildman–Crippen LogP) is 6.80. The maximum absolute atomic E-state index is 11.9. The SMILES string of the molecule is CC/C(=C(/c1ccc(OCCOC(=O)NC/C=C/C(=O)N(C)C)cc1)c1ccc2[nH]ncc2c1)c1ccc(C(C)C)cc1. The van der Waals surface area contributed by atoms with Crippen LogP contribution < -0.4 is 10.1 Å². The van der Waals surface area contributed by atoms with E-state index >= 15 is 0 Å². The van der Waals surface area contributed by atoms with Gasteiger partial charge in [-0.15, -0.1) is 0 Å². The number of carbonyl (C=O) groups excluding carboxylic acids is 2. The Labute approximate surface area is 253 Å². The zero-order chi connectivity index (χ0) is 30.8. The monoisotopic (exact) mass is 580 g/mol. The number of fused-ring (bicyclic) bond motifs is 1. The number of amides is 2. The van der Waals surface area contributed by atoms with Crippen molar-refractivity contribution in [2.75, 3.05) is 33.9 Å². The highest BCUT2D eigenvalue weighted by Crippen LogP contribution is 2.36. The van der Waals surface area contributed by atoms with Crippen LogP contribution in [0.4, 0.5) is 4.79 Å². The Morgan fingerprint density at radius 3 is 2.33 bits per heavy atom. The molecule has 0 unspecified atom stereocenters. The first-order valence-corrected chi connectivity index (χ1v) is 14.6. The van der Waals surface area contributed by atoms with Crippen molar-refractivity contribution in [3.8, 4) is 5.75 Å². The third-order valence-corrected chi connectivity index (χ3v) is 7.10. The van der Waals surface area contributed by atoms with Crippen LogP contribution in [0.3, 0.4) is 0 Å². The van der Waals surface area contributed by atoms with Crippen LogP contribution in [0.15, 0.2) is 85.1 Å². The summed E-state index contributed by atoms with van der Waals surface area (Å²) in [6, 6.07) is 23.3. The molecular formula is C35H40N4O4. The van der Waals surface area contributed by atoms with E-state index in [4.69, 9.17) is 9.47 Å². The molecule has 1 heterocycles. The average molecular weight is 581 g/mol. The zero-order valence-electron chi connectivity index (χ0n) is 25.5. The van der Waals surface area contributed by atoms with E-state index in [0.717, 1.165) is 34.0 Å². The summed E-state index contributed by atoms with van der Waals surface area (Å²) in [7, 11) is 3.32. The molecule has 0 saturated carbocycles. The van der Waals surface area contributed by atoms with E-state index < -0.39 is 6.09 Å². The Bertz CT molecular complexity index is 1580. The van der Waals surface area contributed by atoms with E-state index in [2.05, 4.69) is 90.9 Å². The van der Waals surface area contributed by atoms with Crippen molar-refractivity contribution in [3.63, 3.8) is 0 Å². The van der Waals surface area contributed by atoms with Crippen LogP contribution in [0, 0.1) is 0 Å². The van der Waals surface area contributed by atoms with Gasteiger partial charge in [-0.3, -0.25) is 9.89 Å². The van der Waals surface area contributed by atoms with Gasteiger partial charge in [0.25, 0.3) is 0 Å². The number of rotatable bonds is 12. The zero-order valence-corrected chi connectivity index (χ0v) is 25.5. The largest absolute Gasteiger partial charge is 0.490 e. The minimum absolute atomic E-state index is 0.0934. The Morgan fingerprint density at radius 1 is 0.953 bits per heavy atom. The van der Waals surface area contributed by atoms with Crippen molar-refractivity contribution in [3.05, 3.63) is 107 Å². The molecule has 43 heavy (non-hydrogen) atoms. The molecule has 224 valence electrons. The normalized spacial score (nSPS) is 12.0. The molecule has 0 aliphatic carbocycles. The molecule has 8 nitrogen and oxygen atoms in total. The van der Waals surface area contributed by atoms with Crippen LogP contribution in [-0.4, -0.2) is 61.0 Å². The Kier molecular flexibility index (Phi) is 10.7. The summed E-state index contributed by atoms with van der Waals surface area (Å²) >= 11 is 0. The predicted molar refractivity (Wildman–Crippen MR) is 172 cm³/mol. The van der Waals surface area contributed by atoms with Crippen molar-refractivity contribution >= 4 is 34.0 Å². The van der Waals surface area contributed by atoms with E-state index in [1.165, 1.54) is 27.7 Å². The van der Waals surface area contributed by atoms with Crippen molar-refractivity contribution in [2.24, 2.45) is 0 Å². The fourth-order valence-electron chi connectivity index (χ4n) is 4.72. The molecule has 8 heteroatoms. The van der Waals surface area contributed by atoms with Gasteiger partial charge in [0, 0.05) is 32.1 Å². The molecule has 4 aromatic rings. The van der Waals surface area contributed by atoms with Crippen molar-refractivity contribution in [1.82, 2.24) is 20.4 Å². The lowest BCUT2D eigenvalue weighted by molar-refractivity contribution is -0.123. The average Bonchev–Trinajstić information content (AvgIpc) is 3.48. The van der Waals surface area contributed by atoms with Crippen molar-refractivity contribution < 1.29 is 19.1 Å². The molecule has 0 saturated heterocycles. The lowest BCUT2D eigenvalue weighted by Crippen LogP contribution is -2.26. The van der Waals surface area contributed by atoms with Gasteiger partial charge < -0.3 is 19.7 Å². The van der Waals surface area contributed by atoms with Crippen LogP contribution in [0.25, 0.3) is 22.0 Å². The first-order chi connectivity index (χ1) is 20.8. The second kappa shape index (κ2) is 14.9. The molecule has 2 amide bonds. The highest BCUT2D eigenvalue weighted by molar-refractivity contribution is 6.00. The van der Waals surface area contributed by atoms with E-state index in [1.54, 1.807) is 20.2 Å². The fourth-order valence-corrected chi connectivity index (χ4v) is 4.72. The molecule has 0 spiro atoms. The van der Waals surface area contributed by atoms with Gasteiger partial charge in [-0.1, -0.05) is 69.3 Å². The quantitative estimate of drug-likeness (QED) is 0.109. The molecule has 0 radical (unpaired) electrons. The molecule has 0 aliphatic heterocycles. The first kappa shape index (κ1) is 31.1. The van der Waals surface area contributed by atoms with Crippen LogP contribution in [0.5, 0.6) is 5.75 Å². The number of allylic oxidation sites excluding steroid dienone is 1. The number of H-pyrrole nitrogens is 1. The highest BCUT2D eigenvalue weighted by atomic mass is 16.6. The van der Waals surface area contributed by atoms with Gasteiger partial charge in [-0.25, -0.2) is 4.79 Å². The molecule has 1 aromatic heterocycles. The van der Waals surface area contributed by atoms with Crippen LogP contribution in [-0.2, 0) is 9.53 Å². The third kappa shape index (κ3) is 8.35. The maximum atomic E-state index is 11.9. The summed E-state index contributed by atoms with van der Waals surface area (Å²) in [4.78, 5) is 24.9. The Morgan fingerprint density at radius 2 is 1.65 bits per heavy atom. The van der Waals surface area contributed by atoms with Gasteiger partial charge in [0.05, 0.1) is 11.7 Å². The lowest BCUT2D eigenvalue weighted by Gasteiger charge is -2.18. The second-order valence-corrected chi connectivity index (χ2v) is 10.7. The second-order valence-electron chi connectivity index (χ2n) is 10.7. The van der Waals surface area contributed by atoms with Crippen LogP contribution in [0.1, 0.15) is 55.4 Å². The van der Waals surface area contributed by atoms with E-state index in [9.17, 15) is 9.59 Å². The van der Waals surface area contributed by atoms with Gasteiger partial charge in [0.1, 0.15) is 19.0 Å².